The first-order chi connectivity index (χ1) is 7.24. The highest BCUT2D eigenvalue weighted by atomic mass is 79.9. The molecule has 0 bridgehead atoms. The Morgan fingerprint density at radius 3 is 2.67 bits per heavy atom. The molecule has 2 nitrogen and oxygen atoms in total. The summed E-state index contributed by atoms with van der Waals surface area (Å²) in [7, 11) is 0. The van der Waals surface area contributed by atoms with Gasteiger partial charge in [0.1, 0.15) is 15.8 Å². The number of halogens is 2. The first-order valence-corrected chi connectivity index (χ1v) is 5.96. The molecule has 0 saturated carbocycles. The van der Waals surface area contributed by atoms with Gasteiger partial charge < -0.3 is 4.42 Å². The molecule has 1 aromatic carbocycles. The van der Waals surface area contributed by atoms with E-state index in [1.54, 1.807) is 0 Å². The Balaban J connectivity index is 2.51. The number of furan rings is 1. The molecule has 0 aliphatic rings. The molecule has 0 fully saturated rings. The maximum absolute atomic E-state index is 5.71. The topological polar surface area (TPSA) is 26.0 Å². The summed E-state index contributed by atoms with van der Waals surface area (Å²) >= 11 is 6.74. The maximum atomic E-state index is 5.71. The van der Waals surface area contributed by atoms with Gasteiger partial charge in [0, 0.05) is 27.5 Å². The van der Waals surface area contributed by atoms with Crippen molar-refractivity contribution in [1.29, 1.82) is 0 Å². The molecule has 3 rings (SSSR count). The Bertz CT molecular complexity index is 604. The third-order valence-electron chi connectivity index (χ3n) is 2.29. The van der Waals surface area contributed by atoms with Crippen LogP contribution in [0.15, 0.2) is 44.0 Å². The molecular formula is C11H5Br2NO. The molecule has 0 unspecified atom stereocenters. The summed E-state index contributed by atoms with van der Waals surface area (Å²) < 4.78 is 7.51. The number of rotatable bonds is 0. The fourth-order valence-electron chi connectivity index (χ4n) is 1.62. The van der Waals surface area contributed by atoms with Gasteiger partial charge in [-0.05, 0) is 34.1 Å². The highest BCUT2D eigenvalue weighted by Crippen LogP contribution is 2.31. The number of fused-ring (bicyclic) bond motifs is 3. The van der Waals surface area contributed by atoms with Crippen molar-refractivity contribution in [2.75, 3.05) is 0 Å². The van der Waals surface area contributed by atoms with E-state index in [2.05, 4.69) is 36.8 Å². The van der Waals surface area contributed by atoms with Gasteiger partial charge in [0.25, 0.3) is 0 Å². The largest absolute Gasteiger partial charge is 0.456 e. The number of benzene rings is 1. The molecule has 0 saturated heterocycles. The highest BCUT2D eigenvalue weighted by molar-refractivity contribution is 9.10. The summed E-state index contributed by atoms with van der Waals surface area (Å²) in [6, 6.07) is 7.87. The molecule has 4 heteroatoms. The molecular weight excluding hydrogens is 322 g/mol. The smallest absolute Gasteiger partial charge is 0.139 e. The molecule has 0 aliphatic carbocycles. The van der Waals surface area contributed by atoms with Crippen molar-refractivity contribution in [3.8, 4) is 0 Å². The Hall–Kier alpha value is -0.870. The number of nitrogens with zero attached hydrogens (tertiary/aromatic N) is 1. The van der Waals surface area contributed by atoms with Crippen LogP contribution in [0, 0.1) is 0 Å². The number of hydrogen-bond donors (Lipinski definition) is 0. The summed E-state index contributed by atoms with van der Waals surface area (Å²) in [6.07, 6.45) is 1.82. The molecule has 0 N–H and O–H groups in total. The molecule has 0 spiro atoms. The Labute approximate surface area is 103 Å². The van der Waals surface area contributed by atoms with Gasteiger partial charge in [-0.1, -0.05) is 15.9 Å². The zero-order chi connectivity index (χ0) is 10.4. The van der Waals surface area contributed by atoms with Crippen LogP contribution in [0.5, 0.6) is 0 Å². The van der Waals surface area contributed by atoms with Crippen molar-refractivity contribution in [2.45, 2.75) is 0 Å². The summed E-state index contributed by atoms with van der Waals surface area (Å²) in [5.74, 6) is 0. The Morgan fingerprint density at radius 1 is 1.00 bits per heavy atom. The lowest BCUT2D eigenvalue weighted by Crippen LogP contribution is -1.72. The van der Waals surface area contributed by atoms with E-state index in [1.807, 2.05) is 30.5 Å². The second-order valence-electron chi connectivity index (χ2n) is 3.25. The standard InChI is InChI=1S/C11H5Br2NO/c12-6-1-2-7-8-5-14-11(13)4-10(8)15-9(7)3-6/h1-5H. The van der Waals surface area contributed by atoms with E-state index in [0.717, 1.165) is 31.0 Å². The van der Waals surface area contributed by atoms with E-state index in [1.165, 1.54) is 0 Å². The normalized spacial score (nSPS) is 11.3. The fourth-order valence-corrected chi connectivity index (χ4v) is 2.27. The molecule has 3 aromatic rings. The summed E-state index contributed by atoms with van der Waals surface area (Å²) in [6.45, 7) is 0. The fraction of sp³-hybridized carbons (Fsp3) is 0. The van der Waals surface area contributed by atoms with E-state index >= 15 is 0 Å². The van der Waals surface area contributed by atoms with Crippen molar-refractivity contribution >= 4 is 53.8 Å². The molecule has 0 aliphatic heterocycles. The van der Waals surface area contributed by atoms with Crippen molar-refractivity contribution in [3.63, 3.8) is 0 Å². The van der Waals surface area contributed by atoms with Crippen LogP contribution in [0.1, 0.15) is 0 Å². The van der Waals surface area contributed by atoms with Gasteiger partial charge in [0.05, 0.1) is 0 Å². The molecule has 0 atom stereocenters. The lowest BCUT2D eigenvalue weighted by Gasteiger charge is -1.89. The van der Waals surface area contributed by atoms with Crippen LogP contribution in [0.25, 0.3) is 21.9 Å². The van der Waals surface area contributed by atoms with Crippen LogP contribution in [0.2, 0.25) is 0 Å². The Morgan fingerprint density at radius 2 is 1.80 bits per heavy atom. The van der Waals surface area contributed by atoms with Crippen LogP contribution in [0.3, 0.4) is 0 Å². The maximum Gasteiger partial charge on any atom is 0.139 e. The lowest BCUT2D eigenvalue weighted by atomic mass is 10.2. The third kappa shape index (κ3) is 1.48. The third-order valence-corrected chi connectivity index (χ3v) is 3.21. The monoisotopic (exact) mass is 325 g/mol. The summed E-state index contributed by atoms with van der Waals surface area (Å²) in [5, 5.41) is 2.13. The van der Waals surface area contributed by atoms with Gasteiger partial charge in [0.2, 0.25) is 0 Å². The van der Waals surface area contributed by atoms with Crippen molar-refractivity contribution in [2.24, 2.45) is 0 Å². The van der Waals surface area contributed by atoms with Crippen LogP contribution in [0.4, 0.5) is 0 Å². The van der Waals surface area contributed by atoms with E-state index < -0.39 is 0 Å². The van der Waals surface area contributed by atoms with Gasteiger partial charge >= 0.3 is 0 Å². The number of pyridine rings is 1. The minimum Gasteiger partial charge on any atom is -0.456 e. The first-order valence-electron chi connectivity index (χ1n) is 4.37. The molecule has 15 heavy (non-hydrogen) atoms. The zero-order valence-electron chi connectivity index (χ0n) is 7.50. The average molecular weight is 327 g/mol. The van der Waals surface area contributed by atoms with E-state index in [4.69, 9.17) is 4.42 Å². The molecule has 2 aromatic heterocycles. The summed E-state index contributed by atoms with van der Waals surface area (Å²) in [5.41, 5.74) is 1.73. The molecule has 2 heterocycles. The number of hydrogen-bond acceptors (Lipinski definition) is 2. The van der Waals surface area contributed by atoms with Gasteiger partial charge in [-0.25, -0.2) is 4.98 Å². The van der Waals surface area contributed by atoms with Crippen molar-refractivity contribution in [1.82, 2.24) is 4.98 Å². The van der Waals surface area contributed by atoms with Gasteiger partial charge in [-0.3, -0.25) is 0 Å². The van der Waals surface area contributed by atoms with Crippen molar-refractivity contribution < 1.29 is 4.42 Å². The molecule has 0 radical (unpaired) electrons. The SMILES string of the molecule is Brc1ccc2c(c1)oc1cc(Br)ncc12. The minimum absolute atomic E-state index is 0.785. The predicted octanol–water partition coefficient (Wildman–Crippen LogP) is 4.51. The van der Waals surface area contributed by atoms with Crippen LogP contribution in [-0.2, 0) is 0 Å². The quantitative estimate of drug-likeness (QED) is 0.568. The second-order valence-corrected chi connectivity index (χ2v) is 4.97. The predicted molar refractivity (Wildman–Crippen MR) is 66.9 cm³/mol. The van der Waals surface area contributed by atoms with Gasteiger partial charge in [0.15, 0.2) is 0 Å². The van der Waals surface area contributed by atoms with E-state index in [0.29, 0.717) is 0 Å². The van der Waals surface area contributed by atoms with E-state index in [9.17, 15) is 0 Å². The minimum atomic E-state index is 0.785. The Kier molecular flexibility index (Phi) is 2.07. The van der Waals surface area contributed by atoms with Crippen LogP contribution < -0.4 is 0 Å². The van der Waals surface area contributed by atoms with Crippen LogP contribution >= 0.6 is 31.9 Å². The highest BCUT2D eigenvalue weighted by Gasteiger charge is 2.07. The molecule has 0 amide bonds. The summed E-state index contributed by atoms with van der Waals surface area (Å²) in [4.78, 5) is 4.20. The number of aromatic nitrogens is 1. The van der Waals surface area contributed by atoms with Crippen LogP contribution in [-0.4, -0.2) is 4.98 Å². The van der Waals surface area contributed by atoms with Crippen molar-refractivity contribution in [3.05, 3.63) is 39.5 Å². The zero-order valence-corrected chi connectivity index (χ0v) is 10.7. The van der Waals surface area contributed by atoms with Gasteiger partial charge in [-0.15, -0.1) is 0 Å². The molecule has 74 valence electrons. The average Bonchev–Trinajstić information content (AvgIpc) is 2.53. The second kappa shape index (κ2) is 3.32. The lowest BCUT2D eigenvalue weighted by molar-refractivity contribution is 0.668. The van der Waals surface area contributed by atoms with Gasteiger partial charge in [-0.2, -0.15) is 0 Å². The van der Waals surface area contributed by atoms with E-state index in [-0.39, 0.29) is 0 Å². The first kappa shape index (κ1) is 9.36.